The van der Waals surface area contributed by atoms with E-state index in [4.69, 9.17) is 30.9 Å². The molecule has 0 aliphatic carbocycles. The minimum atomic E-state index is -0.902. The number of hydrogen-bond acceptors (Lipinski definition) is 8. The number of carbonyl (C=O) groups excluding carboxylic acids is 2. The third-order valence-electron chi connectivity index (χ3n) is 3.22. The first-order valence-electron chi connectivity index (χ1n) is 6.77. The van der Waals surface area contributed by atoms with Gasteiger partial charge in [-0.05, 0) is 11.4 Å². The third kappa shape index (κ3) is 5.62. The van der Waals surface area contributed by atoms with Crippen molar-refractivity contribution in [2.45, 2.75) is 44.5 Å². The van der Waals surface area contributed by atoms with E-state index in [1.54, 1.807) is 6.92 Å². The van der Waals surface area contributed by atoms with Gasteiger partial charge in [-0.15, -0.1) is 0 Å². The van der Waals surface area contributed by atoms with Gasteiger partial charge >= 0.3 is 11.9 Å². The highest BCUT2D eigenvalue weighted by Gasteiger charge is 2.46. The van der Waals surface area contributed by atoms with Crippen molar-refractivity contribution in [3.8, 4) is 0 Å². The molecule has 23 heavy (non-hydrogen) atoms. The Labute approximate surface area is 137 Å². The van der Waals surface area contributed by atoms with Crippen LogP contribution in [-0.4, -0.2) is 47.4 Å². The zero-order valence-electron chi connectivity index (χ0n) is 13.0. The van der Waals surface area contributed by atoms with Crippen molar-refractivity contribution in [2.24, 2.45) is 16.8 Å². The van der Waals surface area contributed by atoms with Crippen LogP contribution in [0.4, 0.5) is 0 Å². The SMILES string of the molecule is CC(=O)OCC1O[C@@H](SC(=N)N)C(OC(C)=O)[C@@H](N=[N+]=[N-])[C@H]1C. The molecule has 0 aromatic heterocycles. The van der Waals surface area contributed by atoms with Crippen LogP contribution < -0.4 is 5.73 Å². The fraction of sp³-hybridized carbons (Fsp3) is 0.750. The maximum Gasteiger partial charge on any atom is 0.303 e. The van der Waals surface area contributed by atoms with Crippen molar-refractivity contribution in [3.05, 3.63) is 10.4 Å². The summed E-state index contributed by atoms with van der Waals surface area (Å²) >= 11 is 0.833. The molecule has 10 nitrogen and oxygen atoms in total. The number of carbonyl (C=O) groups is 2. The van der Waals surface area contributed by atoms with E-state index in [-0.39, 0.29) is 17.7 Å². The minimum absolute atomic E-state index is 0.0459. The predicted molar refractivity (Wildman–Crippen MR) is 82.5 cm³/mol. The number of rotatable bonds is 5. The average Bonchev–Trinajstić information content (AvgIpc) is 2.43. The summed E-state index contributed by atoms with van der Waals surface area (Å²) in [6.07, 6.45) is -1.49. The summed E-state index contributed by atoms with van der Waals surface area (Å²) in [6, 6.07) is -0.741. The smallest absolute Gasteiger partial charge is 0.303 e. The number of nitrogens with two attached hydrogens (primary N) is 1. The van der Waals surface area contributed by atoms with Crippen LogP contribution in [0.25, 0.3) is 10.4 Å². The Morgan fingerprint density at radius 1 is 1.43 bits per heavy atom. The summed E-state index contributed by atoms with van der Waals surface area (Å²) in [5.41, 5.74) is 13.3. The highest BCUT2D eigenvalue weighted by molar-refractivity contribution is 8.14. The van der Waals surface area contributed by atoms with E-state index >= 15 is 0 Å². The van der Waals surface area contributed by atoms with Gasteiger partial charge in [0.05, 0.1) is 12.1 Å². The standard InChI is InChI=1S/C12H19N5O5S/c1-5-8(4-20-6(2)18)22-11(23-12(13)14)10(21-7(3)19)9(5)16-17-15/h5,8-11H,4H2,1-3H3,(H3,13,14)/t5-,8?,9-,10?,11-/m0/s1. The van der Waals surface area contributed by atoms with Gasteiger partial charge in [-0.2, -0.15) is 0 Å². The lowest BCUT2D eigenvalue weighted by Crippen LogP contribution is -2.54. The number of hydrogen-bond donors (Lipinski definition) is 2. The van der Waals surface area contributed by atoms with Crippen molar-refractivity contribution < 1.29 is 23.8 Å². The van der Waals surface area contributed by atoms with Crippen LogP contribution in [0, 0.1) is 11.3 Å². The highest BCUT2D eigenvalue weighted by atomic mass is 32.2. The number of esters is 2. The van der Waals surface area contributed by atoms with E-state index in [1.165, 1.54) is 13.8 Å². The second-order valence-electron chi connectivity index (χ2n) is 4.96. The summed E-state index contributed by atoms with van der Waals surface area (Å²) in [6.45, 7) is 4.18. The summed E-state index contributed by atoms with van der Waals surface area (Å²) in [5.74, 6) is -1.42. The van der Waals surface area contributed by atoms with E-state index in [2.05, 4.69) is 10.0 Å². The van der Waals surface area contributed by atoms with Gasteiger partial charge in [0.15, 0.2) is 5.17 Å². The van der Waals surface area contributed by atoms with Gasteiger partial charge in [0, 0.05) is 18.8 Å². The molecule has 0 radical (unpaired) electrons. The van der Waals surface area contributed by atoms with E-state index < -0.39 is 35.6 Å². The maximum atomic E-state index is 11.3. The third-order valence-corrected chi connectivity index (χ3v) is 4.09. The second kappa shape index (κ2) is 8.61. The number of ether oxygens (including phenoxy) is 3. The Hall–Kier alpha value is -1.97. The van der Waals surface area contributed by atoms with Gasteiger partial charge in [-0.25, -0.2) is 0 Å². The molecule has 1 rings (SSSR count). The molecule has 2 unspecified atom stereocenters. The number of azide groups is 1. The monoisotopic (exact) mass is 345 g/mol. The molecule has 11 heteroatoms. The Kier molecular flexibility index (Phi) is 7.14. The number of nitrogens with zero attached hydrogens (tertiary/aromatic N) is 3. The summed E-state index contributed by atoms with van der Waals surface area (Å²) < 4.78 is 15.9. The summed E-state index contributed by atoms with van der Waals surface area (Å²) in [7, 11) is 0. The van der Waals surface area contributed by atoms with Crippen LogP contribution in [-0.2, 0) is 23.8 Å². The van der Waals surface area contributed by atoms with Crippen molar-refractivity contribution in [1.82, 2.24) is 0 Å². The van der Waals surface area contributed by atoms with Gasteiger partial charge < -0.3 is 19.9 Å². The van der Waals surface area contributed by atoms with Gasteiger partial charge in [0.1, 0.15) is 18.1 Å². The minimum Gasteiger partial charge on any atom is -0.463 e. The molecule has 0 bridgehead atoms. The van der Waals surface area contributed by atoms with Gasteiger partial charge in [0.25, 0.3) is 0 Å². The number of amidine groups is 1. The molecule has 1 fully saturated rings. The fourth-order valence-electron chi connectivity index (χ4n) is 2.21. The fourth-order valence-corrected chi connectivity index (χ4v) is 3.01. The van der Waals surface area contributed by atoms with Crippen LogP contribution in [0.5, 0.6) is 0 Å². The Bertz CT molecular complexity index is 524. The summed E-state index contributed by atoms with van der Waals surface area (Å²) in [5, 5.41) is 10.8. The topological polar surface area (TPSA) is 160 Å². The van der Waals surface area contributed by atoms with Crippen molar-refractivity contribution in [3.63, 3.8) is 0 Å². The van der Waals surface area contributed by atoms with Crippen LogP contribution in [0.15, 0.2) is 5.11 Å². The van der Waals surface area contributed by atoms with Crippen molar-refractivity contribution in [1.29, 1.82) is 5.41 Å². The lowest BCUT2D eigenvalue weighted by atomic mass is 9.89. The first kappa shape index (κ1) is 19.1. The second-order valence-corrected chi connectivity index (χ2v) is 6.10. The largest absolute Gasteiger partial charge is 0.463 e. The molecule has 1 aliphatic rings. The molecule has 3 N–H and O–H groups in total. The molecule has 0 aromatic rings. The lowest BCUT2D eigenvalue weighted by molar-refractivity contribution is -0.176. The number of thioether (sulfide) groups is 1. The van der Waals surface area contributed by atoms with E-state index in [9.17, 15) is 9.59 Å². The Morgan fingerprint density at radius 2 is 2.09 bits per heavy atom. The summed E-state index contributed by atoms with van der Waals surface area (Å²) in [4.78, 5) is 25.1. The van der Waals surface area contributed by atoms with Crippen LogP contribution >= 0.6 is 11.8 Å². The Morgan fingerprint density at radius 3 is 2.57 bits per heavy atom. The van der Waals surface area contributed by atoms with E-state index in [0.717, 1.165) is 11.8 Å². The van der Waals surface area contributed by atoms with Gasteiger partial charge in [-0.3, -0.25) is 15.0 Å². The van der Waals surface area contributed by atoms with Gasteiger partial charge in [0.2, 0.25) is 0 Å². The molecule has 1 heterocycles. The molecule has 128 valence electrons. The van der Waals surface area contributed by atoms with Crippen LogP contribution in [0.2, 0.25) is 0 Å². The molecule has 0 aromatic carbocycles. The molecule has 5 atom stereocenters. The van der Waals surface area contributed by atoms with Crippen LogP contribution in [0.3, 0.4) is 0 Å². The predicted octanol–water partition coefficient (Wildman–Crippen LogP) is 1.15. The normalized spacial score (nSPS) is 30.0. The van der Waals surface area contributed by atoms with Crippen molar-refractivity contribution in [2.75, 3.05) is 6.61 Å². The van der Waals surface area contributed by atoms with E-state index in [0.29, 0.717) is 0 Å². The van der Waals surface area contributed by atoms with Crippen molar-refractivity contribution >= 4 is 28.9 Å². The molecule has 0 amide bonds. The molecular weight excluding hydrogens is 326 g/mol. The number of nitrogens with one attached hydrogen (secondary N) is 1. The lowest BCUT2D eigenvalue weighted by Gasteiger charge is -2.42. The molecule has 1 aliphatic heterocycles. The zero-order valence-corrected chi connectivity index (χ0v) is 13.8. The quantitative estimate of drug-likeness (QED) is 0.188. The first-order valence-corrected chi connectivity index (χ1v) is 7.65. The highest BCUT2D eigenvalue weighted by Crippen LogP contribution is 2.35. The molecule has 0 saturated carbocycles. The maximum absolute atomic E-state index is 11.3. The zero-order chi connectivity index (χ0) is 17.6. The van der Waals surface area contributed by atoms with E-state index in [1.807, 2.05) is 0 Å². The molecular formula is C12H19N5O5S. The molecule has 0 spiro atoms. The first-order chi connectivity index (χ1) is 10.8. The molecule has 1 saturated heterocycles. The van der Waals surface area contributed by atoms with Crippen LogP contribution in [0.1, 0.15) is 20.8 Å². The average molecular weight is 345 g/mol. The van der Waals surface area contributed by atoms with Gasteiger partial charge in [-0.1, -0.05) is 23.8 Å². The Balaban J connectivity index is 3.06.